The molecule has 0 heterocycles. The second kappa shape index (κ2) is 16.4. The molecule has 0 aromatic heterocycles. The van der Waals surface area contributed by atoms with Crippen molar-refractivity contribution in [3.63, 3.8) is 0 Å². The van der Waals surface area contributed by atoms with Gasteiger partial charge in [-0.3, -0.25) is 0 Å². The summed E-state index contributed by atoms with van der Waals surface area (Å²) in [4.78, 5) is 24.5. The van der Waals surface area contributed by atoms with Gasteiger partial charge in [0, 0.05) is 6.08 Å². The van der Waals surface area contributed by atoms with Crippen LogP contribution in [0, 0.1) is 0 Å². The van der Waals surface area contributed by atoms with Crippen LogP contribution in [0.25, 0.3) is 6.08 Å². The van der Waals surface area contributed by atoms with Crippen LogP contribution >= 0.6 is 0 Å². The van der Waals surface area contributed by atoms with Gasteiger partial charge in [-0.2, -0.15) is 0 Å². The highest BCUT2D eigenvalue weighted by molar-refractivity contribution is 5.91. The van der Waals surface area contributed by atoms with Crippen molar-refractivity contribution in [2.24, 2.45) is 0 Å². The van der Waals surface area contributed by atoms with Gasteiger partial charge in [0.15, 0.2) is 11.5 Å². The maximum atomic E-state index is 12.6. The molecule has 0 aliphatic carbocycles. The minimum Gasteiger partial charge on any atom is -0.494 e. The van der Waals surface area contributed by atoms with Crippen LogP contribution in [0.2, 0.25) is 0 Å². The van der Waals surface area contributed by atoms with Gasteiger partial charge >= 0.3 is 11.9 Å². The van der Waals surface area contributed by atoms with Gasteiger partial charge in [0.25, 0.3) is 0 Å². The molecule has 0 aliphatic rings. The summed E-state index contributed by atoms with van der Waals surface area (Å²) in [7, 11) is 1.50. The largest absolute Gasteiger partial charge is 0.494 e. The Bertz CT molecular complexity index is 933. The number of hydrogen-bond acceptors (Lipinski definition) is 6. The topological polar surface area (TPSA) is 71.1 Å². The molecule has 2 rings (SSSR count). The average molecular weight is 483 g/mol. The molecule has 2 aromatic rings. The molecule has 2 aromatic carbocycles. The summed E-state index contributed by atoms with van der Waals surface area (Å²) in [6.07, 6.45) is 11.8. The third-order valence-electron chi connectivity index (χ3n) is 5.40. The lowest BCUT2D eigenvalue weighted by molar-refractivity contribution is -0.137. The molecule has 0 atom stereocenters. The first kappa shape index (κ1) is 28.0. The Kier molecular flexibility index (Phi) is 13.1. The zero-order chi connectivity index (χ0) is 25.3. The first-order chi connectivity index (χ1) is 17.1. The minimum absolute atomic E-state index is 0.296. The third-order valence-corrected chi connectivity index (χ3v) is 5.40. The molecule has 0 saturated carbocycles. The van der Waals surface area contributed by atoms with E-state index in [1.807, 2.05) is 0 Å². The van der Waals surface area contributed by atoms with Gasteiger partial charge in [0.1, 0.15) is 5.75 Å². The minimum atomic E-state index is -0.494. The predicted octanol–water partition coefficient (Wildman–Crippen LogP) is 7.01. The van der Waals surface area contributed by atoms with Crippen LogP contribution in [0.15, 0.2) is 48.5 Å². The van der Waals surface area contributed by atoms with Crippen molar-refractivity contribution >= 4 is 18.0 Å². The zero-order valence-corrected chi connectivity index (χ0v) is 21.2. The SMILES string of the molecule is CCCCCCCOC(=O)/C=C/c1ccc(OC(=O)c2ccc(OCCCCC)cc2)c(OC)c1. The van der Waals surface area contributed by atoms with Crippen molar-refractivity contribution in [3.05, 3.63) is 59.7 Å². The molecular formula is C29H38O6. The molecular weight excluding hydrogens is 444 g/mol. The number of ether oxygens (including phenoxy) is 4. The van der Waals surface area contributed by atoms with Crippen molar-refractivity contribution in [2.45, 2.75) is 65.2 Å². The normalized spacial score (nSPS) is 10.8. The summed E-state index contributed by atoms with van der Waals surface area (Å²) in [5.41, 5.74) is 1.14. The number of methoxy groups -OCH3 is 1. The van der Waals surface area contributed by atoms with E-state index in [1.165, 1.54) is 32.4 Å². The van der Waals surface area contributed by atoms with Crippen LogP contribution in [-0.2, 0) is 9.53 Å². The summed E-state index contributed by atoms with van der Waals surface area (Å²) in [6, 6.07) is 12.0. The smallest absolute Gasteiger partial charge is 0.343 e. The van der Waals surface area contributed by atoms with Crippen molar-refractivity contribution in [1.29, 1.82) is 0 Å². The van der Waals surface area contributed by atoms with E-state index in [-0.39, 0.29) is 5.97 Å². The van der Waals surface area contributed by atoms with Gasteiger partial charge in [0.2, 0.25) is 0 Å². The van der Waals surface area contributed by atoms with Gasteiger partial charge in [-0.15, -0.1) is 0 Å². The van der Waals surface area contributed by atoms with Crippen molar-refractivity contribution in [3.8, 4) is 17.2 Å². The number of benzene rings is 2. The van der Waals surface area contributed by atoms with E-state index in [0.717, 1.165) is 43.4 Å². The summed E-state index contributed by atoms with van der Waals surface area (Å²) in [5, 5.41) is 0. The average Bonchev–Trinajstić information content (AvgIpc) is 2.88. The van der Waals surface area contributed by atoms with E-state index in [4.69, 9.17) is 18.9 Å². The Morgan fingerprint density at radius 2 is 1.49 bits per heavy atom. The Morgan fingerprint density at radius 1 is 0.800 bits per heavy atom. The molecule has 0 unspecified atom stereocenters. The van der Waals surface area contributed by atoms with E-state index < -0.39 is 5.97 Å². The van der Waals surface area contributed by atoms with Gasteiger partial charge in [-0.05, 0) is 60.9 Å². The number of hydrogen-bond donors (Lipinski definition) is 0. The molecule has 35 heavy (non-hydrogen) atoms. The monoisotopic (exact) mass is 482 g/mol. The lowest BCUT2D eigenvalue weighted by Gasteiger charge is -2.11. The van der Waals surface area contributed by atoms with E-state index in [0.29, 0.717) is 30.3 Å². The fraction of sp³-hybridized carbons (Fsp3) is 0.448. The standard InChI is InChI=1S/C29H38O6/c1-4-6-8-9-11-21-34-28(30)19-13-23-12-18-26(27(22-23)32-3)35-29(31)24-14-16-25(17-15-24)33-20-10-7-5-2/h12-19,22H,4-11,20-21H2,1-3H3/b19-13+. The van der Waals surface area contributed by atoms with Crippen molar-refractivity contribution in [1.82, 2.24) is 0 Å². The van der Waals surface area contributed by atoms with Crippen LogP contribution in [0.1, 0.15) is 81.1 Å². The fourth-order valence-electron chi connectivity index (χ4n) is 3.35. The number of esters is 2. The van der Waals surface area contributed by atoms with Gasteiger partial charge < -0.3 is 18.9 Å². The molecule has 190 valence electrons. The molecule has 0 radical (unpaired) electrons. The summed E-state index contributed by atoms with van der Waals surface area (Å²) in [5.74, 6) is 0.533. The maximum Gasteiger partial charge on any atom is 0.343 e. The van der Waals surface area contributed by atoms with Crippen molar-refractivity contribution < 1.29 is 28.5 Å². The highest BCUT2D eigenvalue weighted by atomic mass is 16.6. The molecule has 6 nitrogen and oxygen atoms in total. The van der Waals surface area contributed by atoms with Crippen molar-refractivity contribution in [2.75, 3.05) is 20.3 Å². The quantitative estimate of drug-likeness (QED) is 0.111. The second-order valence-electron chi connectivity index (χ2n) is 8.29. The molecule has 0 N–H and O–H groups in total. The van der Waals surface area contributed by atoms with E-state index in [1.54, 1.807) is 48.5 Å². The Labute approximate surface area is 209 Å². The molecule has 0 fully saturated rings. The first-order valence-corrected chi connectivity index (χ1v) is 12.5. The molecule has 0 bridgehead atoms. The molecule has 0 saturated heterocycles. The Morgan fingerprint density at radius 3 is 2.20 bits per heavy atom. The number of carbonyl (C=O) groups is 2. The van der Waals surface area contributed by atoms with Gasteiger partial charge in [-0.25, -0.2) is 9.59 Å². The van der Waals surface area contributed by atoms with Gasteiger partial charge in [-0.1, -0.05) is 58.4 Å². The molecule has 6 heteroatoms. The fourth-order valence-corrected chi connectivity index (χ4v) is 3.35. The molecule has 0 spiro atoms. The second-order valence-corrected chi connectivity index (χ2v) is 8.29. The molecule has 0 amide bonds. The van der Waals surface area contributed by atoms with Crippen LogP contribution in [0.3, 0.4) is 0 Å². The van der Waals surface area contributed by atoms with Crippen LogP contribution in [-0.4, -0.2) is 32.3 Å². The predicted molar refractivity (Wildman–Crippen MR) is 138 cm³/mol. The van der Waals surface area contributed by atoms with Crippen LogP contribution in [0.5, 0.6) is 17.2 Å². The number of unbranched alkanes of at least 4 members (excludes halogenated alkanes) is 6. The summed E-state index contributed by atoms with van der Waals surface area (Å²) >= 11 is 0. The first-order valence-electron chi connectivity index (χ1n) is 12.5. The van der Waals surface area contributed by atoms with Crippen LogP contribution in [0.4, 0.5) is 0 Å². The highest BCUT2D eigenvalue weighted by Crippen LogP contribution is 2.29. The third kappa shape index (κ3) is 10.7. The Balaban J connectivity index is 1.88. The number of carbonyl (C=O) groups excluding carboxylic acids is 2. The Hall–Kier alpha value is -3.28. The summed E-state index contributed by atoms with van der Waals surface area (Å²) < 4.78 is 21.8. The van der Waals surface area contributed by atoms with Crippen LogP contribution < -0.4 is 14.2 Å². The zero-order valence-electron chi connectivity index (χ0n) is 21.2. The lowest BCUT2D eigenvalue weighted by Crippen LogP contribution is -2.09. The number of rotatable bonds is 16. The highest BCUT2D eigenvalue weighted by Gasteiger charge is 2.13. The summed E-state index contributed by atoms with van der Waals surface area (Å²) in [6.45, 7) is 5.40. The van der Waals surface area contributed by atoms with Gasteiger partial charge in [0.05, 0.1) is 25.9 Å². The van der Waals surface area contributed by atoms with E-state index >= 15 is 0 Å². The van der Waals surface area contributed by atoms with E-state index in [2.05, 4.69) is 13.8 Å². The van der Waals surface area contributed by atoms with E-state index in [9.17, 15) is 9.59 Å². The lowest BCUT2D eigenvalue weighted by atomic mass is 10.1. The maximum absolute atomic E-state index is 12.6. The molecule has 0 aliphatic heterocycles.